The summed E-state index contributed by atoms with van der Waals surface area (Å²) >= 11 is 0. The van der Waals surface area contributed by atoms with Crippen molar-refractivity contribution in [2.45, 2.75) is 13.0 Å². The van der Waals surface area contributed by atoms with Crippen molar-refractivity contribution in [3.8, 4) is 0 Å². The minimum atomic E-state index is -0.287. The van der Waals surface area contributed by atoms with Crippen molar-refractivity contribution in [1.82, 2.24) is 0 Å². The van der Waals surface area contributed by atoms with E-state index in [2.05, 4.69) is 4.99 Å². The molecular formula is C4H8N2O. The van der Waals surface area contributed by atoms with Crippen LogP contribution in [0, 0.1) is 0 Å². The average Bonchev–Trinajstić information content (AvgIpc) is 1.68. The fourth-order valence-corrected chi connectivity index (χ4v) is 0.171. The van der Waals surface area contributed by atoms with Crippen LogP contribution in [0.3, 0.4) is 0 Å². The summed E-state index contributed by atoms with van der Waals surface area (Å²) in [6.45, 7) is 1.66. The summed E-state index contributed by atoms with van der Waals surface area (Å²) < 4.78 is 0. The van der Waals surface area contributed by atoms with Gasteiger partial charge in [0.2, 0.25) is 0 Å². The van der Waals surface area contributed by atoms with E-state index in [1.165, 1.54) is 0 Å². The third-order valence-electron chi connectivity index (χ3n) is 0.518. The molecule has 0 rings (SSSR count). The summed E-state index contributed by atoms with van der Waals surface area (Å²) in [4.78, 5) is 13.3. The second-order valence-electron chi connectivity index (χ2n) is 1.17. The summed E-state index contributed by atoms with van der Waals surface area (Å²) in [5.41, 5.74) is 4.85. The molecule has 0 amide bonds. The molecule has 3 heteroatoms. The molecule has 0 aliphatic rings. The van der Waals surface area contributed by atoms with E-state index in [4.69, 9.17) is 5.73 Å². The van der Waals surface area contributed by atoms with E-state index < -0.39 is 0 Å². The van der Waals surface area contributed by atoms with E-state index in [1.807, 2.05) is 0 Å². The summed E-state index contributed by atoms with van der Waals surface area (Å²) in [5, 5.41) is 0. The highest BCUT2D eigenvalue weighted by Gasteiger charge is 1.87. The Hall–Kier alpha value is -0.860. The molecule has 0 aliphatic carbocycles. The molecule has 7 heavy (non-hydrogen) atoms. The summed E-state index contributed by atoms with van der Waals surface area (Å²) in [6, 6.07) is -0.287. The summed E-state index contributed by atoms with van der Waals surface area (Å²) in [7, 11) is 0. The van der Waals surface area contributed by atoms with Crippen LogP contribution in [0.5, 0.6) is 0 Å². The zero-order chi connectivity index (χ0) is 5.70. The molecule has 0 aromatic heterocycles. The van der Waals surface area contributed by atoms with Crippen LogP contribution < -0.4 is 5.73 Å². The number of hydrogen-bond donors (Lipinski definition) is 1. The molecule has 0 heterocycles. The number of nitrogens with zero attached hydrogens (tertiary/aromatic N) is 1. The fraction of sp³-hybridized carbons (Fsp3) is 0.500. The van der Waals surface area contributed by atoms with Crippen molar-refractivity contribution in [1.29, 1.82) is 0 Å². The number of hydrogen-bond acceptors (Lipinski definition) is 2. The van der Waals surface area contributed by atoms with Crippen LogP contribution >= 0.6 is 0 Å². The van der Waals surface area contributed by atoms with Crippen molar-refractivity contribution in [3.05, 3.63) is 0 Å². The molecule has 0 aliphatic heterocycles. The van der Waals surface area contributed by atoms with Crippen LogP contribution in [0.15, 0.2) is 4.99 Å². The van der Waals surface area contributed by atoms with Gasteiger partial charge in [-0.15, -0.1) is 0 Å². The fourth-order valence-electron chi connectivity index (χ4n) is 0.171. The average molecular weight is 100 g/mol. The minimum Gasteiger partial charge on any atom is -0.390 e. The van der Waals surface area contributed by atoms with Gasteiger partial charge in [0.05, 0.1) is 6.34 Å². The van der Waals surface area contributed by atoms with Crippen molar-refractivity contribution in [2.75, 3.05) is 0 Å². The predicted molar refractivity (Wildman–Crippen MR) is 28.2 cm³/mol. The quantitative estimate of drug-likeness (QED) is 0.290. The van der Waals surface area contributed by atoms with Crippen LogP contribution in [0.2, 0.25) is 0 Å². The lowest BCUT2D eigenvalue weighted by Crippen LogP contribution is -2.01. The van der Waals surface area contributed by atoms with Crippen LogP contribution in [0.1, 0.15) is 6.92 Å². The molecule has 40 valence electrons. The van der Waals surface area contributed by atoms with Gasteiger partial charge < -0.3 is 10.5 Å². The van der Waals surface area contributed by atoms with E-state index in [0.717, 1.165) is 12.6 Å². The number of rotatable bonds is 2. The zero-order valence-electron chi connectivity index (χ0n) is 4.16. The smallest absolute Gasteiger partial charge is 0.144 e. The van der Waals surface area contributed by atoms with Gasteiger partial charge in [0.25, 0.3) is 0 Å². The number of carbonyl (C=O) groups is 1. The SMILES string of the molecule is CC(C=O)N=CN. The van der Waals surface area contributed by atoms with Crippen molar-refractivity contribution < 1.29 is 4.79 Å². The normalized spacial score (nSPS) is 14.4. The maximum absolute atomic E-state index is 9.73. The van der Waals surface area contributed by atoms with E-state index in [0.29, 0.717) is 0 Å². The Morgan fingerprint density at radius 1 is 1.86 bits per heavy atom. The van der Waals surface area contributed by atoms with E-state index in [1.54, 1.807) is 6.92 Å². The minimum absolute atomic E-state index is 0.287. The highest BCUT2D eigenvalue weighted by molar-refractivity contribution is 5.62. The number of carbonyl (C=O) groups excluding carboxylic acids is 1. The molecule has 0 radical (unpaired) electrons. The maximum atomic E-state index is 9.73. The van der Waals surface area contributed by atoms with Crippen molar-refractivity contribution in [3.63, 3.8) is 0 Å². The molecule has 0 aromatic rings. The first-order chi connectivity index (χ1) is 3.31. The molecular weight excluding hydrogens is 92.1 g/mol. The van der Waals surface area contributed by atoms with Gasteiger partial charge in [0, 0.05) is 0 Å². The molecule has 0 spiro atoms. The summed E-state index contributed by atoms with van der Waals surface area (Å²) in [6.07, 6.45) is 1.85. The molecule has 0 saturated carbocycles. The number of aldehydes is 1. The van der Waals surface area contributed by atoms with E-state index in [-0.39, 0.29) is 6.04 Å². The first-order valence-corrected chi connectivity index (χ1v) is 2.00. The first kappa shape index (κ1) is 6.14. The highest BCUT2D eigenvalue weighted by Crippen LogP contribution is 1.76. The van der Waals surface area contributed by atoms with Crippen LogP contribution in [0.4, 0.5) is 0 Å². The van der Waals surface area contributed by atoms with Gasteiger partial charge in [0.15, 0.2) is 0 Å². The Bertz CT molecular complexity index is 79.8. The lowest BCUT2D eigenvalue weighted by atomic mass is 10.4. The topological polar surface area (TPSA) is 55.5 Å². The van der Waals surface area contributed by atoms with Gasteiger partial charge in [-0.25, -0.2) is 0 Å². The highest BCUT2D eigenvalue weighted by atomic mass is 16.1. The monoisotopic (exact) mass is 100 g/mol. The van der Waals surface area contributed by atoms with Crippen molar-refractivity contribution in [2.24, 2.45) is 10.7 Å². The van der Waals surface area contributed by atoms with Gasteiger partial charge in [-0.2, -0.15) is 0 Å². The molecule has 1 atom stereocenters. The van der Waals surface area contributed by atoms with Gasteiger partial charge in [-0.3, -0.25) is 4.99 Å². The van der Waals surface area contributed by atoms with Crippen molar-refractivity contribution >= 4 is 12.6 Å². The number of nitrogens with two attached hydrogens (primary N) is 1. The molecule has 0 saturated heterocycles. The first-order valence-electron chi connectivity index (χ1n) is 2.00. The molecule has 2 N–H and O–H groups in total. The third-order valence-corrected chi connectivity index (χ3v) is 0.518. The predicted octanol–water partition coefficient (Wildman–Crippen LogP) is -0.439. The van der Waals surface area contributed by atoms with Gasteiger partial charge in [-0.05, 0) is 6.92 Å². The summed E-state index contributed by atoms with van der Waals surface area (Å²) in [5.74, 6) is 0. The van der Waals surface area contributed by atoms with E-state index in [9.17, 15) is 4.79 Å². The van der Waals surface area contributed by atoms with Crippen LogP contribution in [-0.2, 0) is 4.79 Å². The largest absolute Gasteiger partial charge is 0.390 e. The molecule has 0 bridgehead atoms. The lowest BCUT2D eigenvalue weighted by Gasteiger charge is -1.86. The molecule has 1 unspecified atom stereocenters. The standard InChI is InChI=1S/C4H8N2O/c1-4(2-7)6-3-5/h2-4H,1H3,(H2,5,6). The second kappa shape index (κ2) is 3.33. The van der Waals surface area contributed by atoms with Gasteiger partial charge in [-0.1, -0.05) is 0 Å². The lowest BCUT2D eigenvalue weighted by molar-refractivity contribution is -0.108. The number of aliphatic imine (C=N–C) groups is 1. The molecule has 3 nitrogen and oxygen atoms in total. The van der Waals surface area contributed by atoms with Gasteiger partial charge in [0.1, 0.15) is 12.3 Å². The third kappa shape index (κ3) is 2.96. The van der Waals surface area contributed by atoms with Gasteiger partial charge >= 0.3 is 0 Å². The Kier molecular flexibility index (Phi) is 2.92. The Balaban J connectivity index is 3.35. The Morgan fingerprint density at radius 3 is 2.57 bits per heavy atom. The van der Waals surface area contributed by atoms with Crippen LogP contribution in [0.25, 0.3) is 0 Å². The second-order valence-corrected chi connectivity index (χ2v) is 1.17. The molecule has 0 aromatic carbocycles. The Labute approximate surface area is 42.2 Å². The molecule has 0 fully saturated rings. The van der Waals surface area contributed by atoms with Crippen LogP contribution in [-0.4, -0.2) is 18.7 Å². The Morgan fingerprint density at radius 2 is 2.43 bits per heavy atom. The van der Waals surface area contributed by atoms with E-state index >= 15 is 0 Å². The zero-order valence-corrected chi connectivity index (χ0v) is 4.16. The maximum Gasteiger partial charge on any atom is 0.144 e.